The number of amides is 2. The smallest absolute Gasteiger partial charge is 0.290 e. The van der Waals surface area contributed by atoms with Crippen molar-refractivity contribution in [3.8, 4) is 0 Å². The number of benzene rings is 3. The summed E-state index contributed by atoms with van der Waals surface area (Å²) >= 11 is 0. The van der Waals surface area contributed by atoms with Gasteiger partial charge >= 0.3 is 6.03 Å². The van der Waals surface area contributed by atoms with Gasteiger partial charge in [0, 0.05) is 12.2 Å². The maximum absolute atomic E-state index is 13.6. The molecule has 3 aromatic rings. The summed E-state index contributed by atoms with van der Waals surface area (Å²) in [5, 5.41) is 0. The van der Waals surface area contributed by atoms with Crippen LogP contribution in [0, 0.1) is 0 Å². The van der Waals surface area contributed by atoms with E-state index >= 15 is 0 Å². The molecule has 3 aromatic carbocycles. The third-order valence-corrected chi connectivity index (χ3v) is 4.04. The molecule has 0 atom stereocenters. The Morgan fingerprint density at radius 2 is 1.15 bits per heavy atom. The van der Waals surface area contributed by atoms with E-state index in [-0.39, 0.29) is 6.03 Å². The monoisotopic (exact) mass is 342 g/mol. The number of rotatable bonds is 5. The van der Waals surface area contributed by atoms with Crippen molar-refractivity contribution in [1.29, 1.82) is 0 Å². The van der Waals surface area contributed by atoms with Gasteiger partial charge in [0.05, 0.1) is 11.4 Å². The van der Waals surface area contributed by atoms with Crippen LogP contribution < -0.4 is 9.80 Å². The van der Waals surface area contributed by atoms with Crippen molar-refractivity contribution < 1.29 is 4.79 Å². The van der Waals surface area contributed by atoms with Gasteiger partial charge in [-0.05, 0) is 43.3 Å². The second-order valence-electron chi connectivity index (χ2n) is 5.80. The predicted octanol–water partition coefficient (Wildman–Crippen LogP) is 6.03. The third-order valence-electron chi connectivity index (χ3n) is 4.04. The number of carbonyl (C=O) groups is 1. The molecule has 26 heavy (non-hydrogen) atoms. The van der Waals surface area contributed by atoms with E-state index in [2.05, 4.69) is 0 Å². The fourth-order valence-electron chi connectivity index (χ4n) is 2.76. The quantitative estimate of drug-likeness (QED) is 0.519. The molecule has 0 heterocycles. The van der Waals surface area contributed by atoms with Crippen molar-refractivity contribution in [2.24, 2.45) is 0 Å². The summed E-state index contributed by atoms with van der Waals surface area (Å²) in [7, 11) is 0. The Morgan fingerprint density at radius 3 is 1.58 bits per heavy atom. The number of carbonyl (C=O) groups excluding carboxylic acids is 1. The Kier molecular flexibility index (Phi) is 5.84. The van der Waals surface area contributed by atoms with Crippen molar-refractivity contribution in [3.05, 3.63) is 103 Å². The SMILES string of the molecule is CC=CCN(C(=O)N(c1ccccc1)c1ccccc1)c1ccccc1. The third kappa shape index (κ3) is 4.01. The minimum absolute atomic E-state index is 0.0910. The molecular weight excluding hydrogens is 320 g/mol. The molecule has 0 saturated heterocycles. The molecule has 3 heteroatoms. The van der Waals surface area contributed by atoms with Gasteiger partial charge in [-0.3, -0.25) is 9.80 Å². The van der Waals surface area contributed by atoms with E-state index in [4.69, 9.17) is 0 Å². The molecule has 0 aliphatic carbocycles. The highest BCUT2D eigenvalue weighted by Crippen LogP contribution is 2.28. The summed E-state index contributed by atoms with van der Waals surface area (Å²) < 4.78 is 0. The zero-order valence-corrected chi connectivity index (χ0v) is 14.8. The van der Waals surface area contributed by atoms with Gasteiger partial charge in [-0.15, -0.1) is 0 Å². The first-order valence-corrected chi connectivity index (χ1v) is 8.69. The van der Waals surface area contributed by atoms with Gasteiger partial charge < -0.3 is 0 Å². The first-order chi connectivity index (χ1) is 12.8. The summed E-state index contributed by atoms with van der Waals surface area (Å²) in [5.41, 5.74) is 2.54. The van der Waals surface area contributed by atoms with Gasteiger partial charge in [-0.1, -0.05) is 66.7 Å². The number of urea groups is 1. The lowest BCUT2D eigenvalue weighted by atomic mass is 10.2. The van der Waals surface area contributed by atoms with Crippen molar-refractivity contribution in [2.75, 3.05) is 16.3 Å². The van der Waals surface area contributed by atoms with Gasteiger partial charge in [0.2, 0.25) is 0 Å². The Labute approximate surface area is 154 Å². The van der Waals surface area contributed by atoms with Gasteiger partial charge in [0.15, 0.2) is 0 Å². The van der Waals surface area contributed by atoms with Crippen LogP contribution in [0.15, 0.2) is 103 Å². The molecular formula is C23H22N2O. The van der Waals surface area contributed by atoms with E-state index < -0.39 is 0 Å². The second kappa shape index (κ2) is 8.67. The molecule has 2 amide bonds. The highest BCUT2D eigenvalue weighted by Gasteiger charge is 2.24. The van der Waals surface area contributed by atoms with Crippen LogP contribution in [0.2, 0.25) is 0 Å². The Hall–Kier alpha value is -3.33. The lowest BCUT2D eigenvalue weighted by molar-refractivity contribution is 0.254. The van der Waals surface area contributed by atoms with Gasteiger partial charge in [0.1, 0.15) is 0 Å². The summed E-state index contributed by atoms with van der Waals surface area (Å²) in [6, 6.07) is 29.1. The second-order valence-corrected chi connectivity index (χ2v) is 5.80. The highest BCUT2D eigenvalue weighted by molar-refractivity contribution is 6.08. The molecule has 0 bridgehead atoms. The molecule has 0 fully saturated rings. The van der Waals surface area contributed by atoms with E-state index in [0.29, 0.717) is 6.54 Å². The van der Waals surface area contributed by atoms with E-state index in [0.717, 1.165) is 17.1 Å². The van der Waals surface area contributed by atoms with Crippen molar-refractivity contribution >= 4 is 23.1 Å². The summed E-state index contributed by atoms with van der Waals surface area (Å²) in [6.07, 6.45) is 3.94. The maximum Gasteiger partial charge on any atom is 0.333 e. The molecule has 0 aliphatic rings. The van der Waals surface area contributed by atoms with E-state index in [1.54, 1.807) is 9.80 Å². The standard InChI is InChI=1S/C23H22N2O/c1-2-3-19-24(20-13-7-4-8-14-20)23(26)25(21-15-9-5-10-16-21)22-17-11-6-12-18-22/h2-18H,19H2,1H3. The van der Waals surface area contributed by atoms with Crippen molar-refractivity contribution in [3.63, 3.8) is 0 Å². The molecule has 0 unspecified atom stereocenters. The number of hydrogen-bond donors (Lipinski definition) is 0. The number of allylic oxidation sites excluding steroid dienone is 1. The van der Waals surface area contributed by atoms with Crippen LogP contribution in [0.25, 0.3) is 0 Å². The van der Waals surface area contributed by atoms with Crippen LogP contribution in [0.5, 0.6) is 0 Å². The molecule has 0 aromatic heterocycles. The van der Waals surface area contributed by atoms with Crippen LogP contribution in [-0.4, -0.2) is 12.6 Å². The lowest BCUT2D eigenvalue weighted by Gasteiger charge is -2.30. The van der Waals surface area contributed by atoms with Gasteiger partial charge in [-0.25, -0.2) is 4.79 Å². The zero-order valence-electron chi connectivity index (χ0n) is 14.8. The van der Waals surface area contributed by atoms with Gasteiger partial charge in [-0.2, -0.15) is 0 Å². The number of anilines is 3. The minimum Gasteiger partial charge on any atom is -0.290 e. The number of hydrogen-bond acceptors (Lipinski definition) is 1. The van der Waals surface area contributed by atoms with Crippen LogP contribution in [-0.2, 0) is 0 Å². The van der Waals surface area contributed by atoms with Crippen LogP contribution in [0.4, 0.5) is 21.9 Å². The first-order valence-electron chi connectivity index (χ1n) is 8.69. The topological polar surface area (TPSA) is 23.6 Å². The summed E-state index contributed by atoms with van der Waals surface area (Å²) in [6.45, 7) is 2.47. The predicted molar refractivity (Wildman–Crippen MR) is 109 cm³/mol. The van der Waals surface area contributed by atoms with Crippen LogP contribution in [0.1, 0.15) is 6.92 Å². The Balaban J connectivity index is 2.05. The Bertz CT molecular complexity index is 806. The molecule has 3 nitrogen and oxygen atoms in total. The molecule has 0 N–H and O–H groups in total. The van der Waals surface area contributed by atoms with E-state index in [9.17, 15) is 4.79 Å². The normalized spacial score (nSPS) is 10.7. The fraction of sp³-hybridized carbons (Fsp3) is 0.0870. The molecule has 0 spiro atoms. The van der Waals surface area contributed by atoms with E-state index in [1.165, 1.54) is 0 Å². The van der Waals surface area contributed by atoms with E-state index in [1.807, 2.05) is 110 Å². The average Bonchev–Trinajstić information content (AvgIpc) is 2.71. The molecule has 130 valence electrons. The Morgan fingerprint density at radius 1 is 0.731 bits per heavy atom. The summed E-state index contributed by atoms with van der Waals surface area (Å²) in [4.78, 5) is 17.1. The highest BCUT2D eigenvalue weighted by atomic mass is 16.2. The van der Waals surface area contributed by atoms with Crippen LogP contribution in [0.3, 0.4) is 0 Å². The molecule has 0 aliphatic heterocycles. The van der Waals surface area contributed by atoms with Crippen molar-refractivity contribution in [1.82, 2.24) is 0 Å². The van der Waals surface area contributed by atoms with Gasteiger partial charge in [0.25, 0.3) is 0 Å². The zero-order chi connectivity index (χ0) is 18.2. The number of para-hydroxylation sites is 3. The average molecular weight is 342 g/mol. The first kappa shape index (κ1) is 17.5. The van der Waals surface area contributed by atoms with Crippen LogP contribution >= 0.6 is 0 Å². The maximum atomic E-state index is 13.6. The molecule has 3 rings (SSSR count). The molecule has 0 saturated carbocycles. The largest absolute Gasteiger partial charge is 0.333 e. The summed E-state index contributed by atoms with van der Waals surface area (Å²) in [5.74, 6) is 0. The fourth-order valence-corrected chi connectivity index (χ4v) is 2.76. The molecule has 0 radical (unpaired) electrons. The number of nitrogens with zero attached hydrogens (tertiary/aromatic N) is 2. The lowest BCUT2D eigenvalue weighted by Crippen LogP contribution is -2.41. The van der Waals surface area contributed by atoms with Crippen molar-refractivity contribution in [2.45, 2.75) is 6.92 Å². The minimum atomic E-state index is -0.0910.